The summed E-state index contributed by atoms with van der Waals surface area (Å²) in [5, 5.41) is 1.50. The lowest BCUT2D eigenvalue weighted by atomic mass is 9.81. The van der Waals surface area contributed by atoms with E-state index in [0.29, 0.717) is 11.5 Å². The van der Waals surface area contributed by atoms with Crippen LogP contribution in [0, 0.1) is 5.92 Å². The standard InChI is InChI=1S/C13H15Cl2N/c14-10-3-8(4-11(15)6-10)13-2-1-12(16)5-9(13)7-13/h3-4,6,9,12H,1-2,5,7,16H2. The molecule has 0 aliphatic heterocycles. The summed E-state index contributed by atoms with van der Waals surface area (Å²) in [5.74, 6) is 0.755. The first-order valence-electron chi connectivity index (χ1n) is 5.82. The van der Waals surface area contributed by atoms with Crippen LogP contribution in [0.25, 0.3) is 0 Å². The molecule has 0 aromatic heterocycles. The molecule has 0 heterocycles. The average Bonchev–Trinajstić information content (AvgIpc) is 2.91. The van der Waals surface area contributed by atoms with Crippen molar-refractivity contribution in [3.63, 3.8) is 0 Å². The van der Waals surface area contributed by atoms with Crippen molar-refractivity contribution in [1.82, 2.24) is 0 Å². The van der Waals surface area contributed by atoms with Gasteiger partial charge in [-0.1, -0.05) is 23.2 Å². The van der Waals surface area contributed by atoms with Gasteiger partial charge in [0.2, 0.25) is 0 Å². The minimum atomic E-state index is 0.352. The molecule has 3 atom stereocenters. The highest BCUT2D eigenvalue weighted by Gasteiger charge is 2.57. The number of hydrogen-bond acceptors (Lipinski definition) is 1. The van der Waals surface area contributed by atoms with Gasteiger partial charge in [-0.25, -0.2) is 0 Å². The third-order valence-corrected chi connectivity index (χ3v) is 4.65. The summed E-state index contributed by atoms with van der Waals surface area (Å²) in [6.07, 6.45) is 4.73. The second-order valence-electron chi connectivity index (χ2n) is 5.25. The quantitative estimate of drug-likeness (QED) is 0.813. The fourth-order valence-electron chi connectivity index (χ4n) is 3.26. The highest BCUT2D eigenvalue weighted by molar-refractivity contribution is 6.34. The van der Waals surface area contributed by atoms with Gasteiger partial charge in [-0.15, -0.1) is 0 Å². The molecule has 1 aromatic rings. The minimum Gasteiger partial charge on any atom is -0.328 e. The molecule has 2 N–H and O–H groups in total. The summed E-state index contributed by atoms with van der Waals surface area (Å²) in [5.41, 5.74) is 7.67. The Kier molecular flexibility index (Phi) is 2.47. The Morgan fingerprint density at radius 3 is 2.50 bits per heavy atom. The molecule has 0 saturated heterocycles. The maximum Gasteiger partial charge on any atom is 0.0423 e. The molecule has 0 amide bonds. The number of benzene rings is 1. The molecular formula is C13H15Cl2N. The first kappa shape index (κ1) is 10.9. The Morgan fingerprint density at radius 2 is 1.88 bits per heavy atom. The number of fused-ring (bicyclic) bond motifs is 1. The van der Waals surface area contributed by atoms with E-state index >= 15 is 0 Å². The van der Waals surface area contributed by atoms with Crippen LogP contribution in [0.5, 0.6) is 0 Å². The van der Waals surface area contributed by atoms with Gasteiger partial charge in [-0.2, -0.15) is 0 Å². The third kappa shape index (κ3) is 1.66. The molecule has 0 spiro atoms. The molecule has 1 nitrogen and oxygen atoms in total. The van der Waals surface area contributed by atoms with Crippen molar-refractivity contribution < 1.29 is 0 Å². The molecule has 0 radical (unpaired) electrons. The van der Waals surface area contributed by atoms with E-state index in [-0.39, 0.29) is 0 Å². The van der Waals surface area contributed by atoms with Crippen LogP contribution >= 0.6 is 23.2 Å². The number of hydrogen-bond donors (Lipinski definition) is 1. The van der Waals surface area contributed by atoms with Crippen LogP contribution in [0.4, 0.5) is 0 Å². The molecule has 2 saturated carbocycles. The topological polar surface area (TPSA) is 26.0 Å². The van der Waals surface area contributed by atoms with E-state index in [1.807, 2.05) is 0 Å². The van der Waals surface area contributed by atoms with Gasteiger partial charge < -0.3 is 5.73 Å². The van der Waals surface area contributed by atoms with E-state index in [2.05, 4.69) is 12.1 Å². The Hall–Kier alpha value is -0.240. The summed E-state index contributed by atoms with van der Waals surface area (Å²) in [6.45, 7) is 0. The van der Waals surface area contributed by atoms with E-state index < -0.39 is 0 Å². The second-order valence-corrected chi connectivity index (χ2v) is 6.12. The molecule has 3 heteroatoms. The van der Waals surface area contributed by atoms with Crippen LogP contribution in [-0.2, 0) is 5.41 Å². The second kappa shape index (κ2) is 3.63. The molecule has 3 unspecified atom stereocenters. The molecular weight excluding hydrogens is 241 g/mol. The molecule has 0 bridgehead atoms. The van der Waals surface area contributed by atoms with E-state index in [1.54, 1.807) is 6.07 Å². The van der Waals surface area contributed by atoms with E-state index in [1.165, 1.54) is 18.4 Å². The monoisotopic (exact) mass is 255 g/mol. The van der Waals surface area contributed by atoms with Gasteiger partial charge in [-0.3, -0.25) is 0 Å². The zero-order chi connectivity index (χ0) is 11.3. The number of rotatable bonds is 1. The Labute approximate surface area is 106 Å². The summed E-state index contributed by atoms with van der Waals surface area (Å²) in [4.78, 5) is 0. The molecule has 3 rings (SSSR count). The van der Waals surface area contributed by atoms with Crippen molar-refractivity contribution in [1.29, 1.82) is 0 Å². The van der Waals surface area contributed by atoms with Crippen LogP contribution in [0.1, 0.15) is 31.2 Å². The Bertz CT molecular complexity index is 412. The summed E-state index contributed by atoms with van der Waals surface area (Å²) in [7, 11) is 0. The van der Waals surface area contributed by atoms with Crippen molar-refractivity contribution in [3.8, 4) is 0 Å². The van der Waals surface area contributed by atoms with Crippen LogP contribution in [0.3, 0.4) is 0 Å². The molecule has 2 aliphatic rings. The zero-order valence-corrected chi connectivity index (χ0v) is 10.6. The van der Waals surface area contributed by atoms with Gasteiger partial charge in [0.25, 0.3) is 0 Å². The van der Waals surface area contributed by atoms with Gasteiger partial charge in [0.05, 0.1) is 0 Å². The molecule has 2 aliphatic carbocycles. The maximum atomic E-state index is 6.07. The zero-order valence-electron chi connectivity index (χ0n) is 9.05. The van der Waals surface area contributed by atoms with Gasteiger partial charge in [-0.05, 0) is 60.8 Å². The van der Waals surface area contributed by atoms with Crippen LogP contribution in [0.2, 0.25) is 10.0 Å². The van der Waals surface area contributed by atoms with Crippen LogP contribution in [-0.4, -0.2) is 6.04 Å². The predicted octanol–water partition coefficient (Wildman–Crippen LogP) is 3.76. The smallest absolute Gasteiger partial charge is 0.0423 e. The average molecular weight is 256 g/mol. The lowest BCUT2D eigenvalue weighted by molar-refractivity contribution is 0.383. The van der Waals surface area contributed by atoms with Gasteiger partial charge in [0.15, 0.2) is 0 Å². The lowest BCUT2D eigenvalue weighted by Crippen LogP contribution is -2.29. The first-order valence-corrected chi connectivity index (χ1v) is 6.58. The van der Waals surface area contributed by atoms with E-state index in [4.69, 9.17) is 28.9 Å². The van der Waals surface area contributed by atoms with Crippen LogP contribution in [0.15, 0.2) is 18.2 Å². The third-order valence-electron chi connectivity index (χ3n) is 4.22. The van der Waals surface area contributed by atoms with Crippen molar-refractivity contribution in [3.05, 3.63) is 33.8 Å². The largest absolute Gasteiger partial charge is 0.328 e. The van der Waals surface area contributed by atoms with Gasteiger partial charge in [0, 0.05) is 16.1 Å². The van der Waals surface area contributed by atoms with Gasteiger partial charge in [0.1, 0.15) is 0 Å². The fourth-order valence-corrected chi connectivity index (χ4v) is 3.79. The number of halogens is 2. The highest BCUT2D eigenvalue weighted by Crippen LogP contribution is 2.62. The lowest BCUT2D eigenvalue weighted by Gasteiger charge is -2.26. The normalized spacial score (nSPS) is 36.9. The van der Waals surface area contributed by atoms with Crippen LogP contribution < -0.4 is 5.73 Å². The van der Waals surface area contributed by atoms with Crippen molar-refractivity contribution in [2.75, 3.05) is 0 Å². The molecule has 16 heavy (non-hydrogen) atoms. The van der Waals surface area contributed by atoms with Crippen molar-refractivity contribution in [2.45, 2.75) is 37.1 Å². The maximum absolute atomic E-state index is 6.07. The highest BCUT2D eigenvalue weighted by atomic mass is 35.5. The predicted molar refractivity (Wildman–Crippen MR) is 68.1 cm³/mol. The molecule has 86 valence electrons. The van der Waals surface area contributed by atoms with E-state index in [0.717, 1.165) is 28.8 Å². The summed E-state index contributed by atoms with van der Waals surface area (Å²) in [6, 6.07) is 6.35. The molecule has 2 fully saturated rings. The minimum absolute atomic E-state index is 0.352. The molecule has 1 aromatic carbocycles. The van der Waals surface area contributed by atoms with Crippen molar-refractivity contribution in [2.24, 2.45) is 11.7 Å². The van der Waals surface area contributed by atoms with Crippen molar-refractivity contribution >= 4 is 23.2 Å². The Morgan fingerprint density at radius 1 is 1.19 bits per heavy atom. The van der Waals surface area contributed by atoms with Gasteiger partial charge >= 0.3 is 0 Å². The van der Waals surface area contributed by atoms with E-state index in [9.17, 15) is 0 Å². The fraction of sp³-hybridized carbons (Fsp3) is 0.538. The summed E-state index contributed by atoms with van der Waals surface area (Å²) >= 11 is 12.1. The SMILES string of the molecule is NC1CCC2(c3cc(Cl)cc(Cl)c3)CC2C1. The Balaban J connectivity index is 1.94. The number of nitrogens with two attached hydrogens (primary N) is 1. The first-order chi connectivity index (χ1) is 7.60. The summed E-state index contributed by atoms with van der Waals surface area (Å²) < 4.78 is 0.